The highest BCUT2D eigenvalue weighted by Gasteiger charge is 2.38. The predicted molar refractivity (Wildman–Crippen MR) is 93.4 cm³/mol. The fourth-order valence-electron chi connectivity index (χ4n) is 3.07. The van der Waals surface area contributed by atoms with Gasteiger partial charge in [-0.15, -0.1) is 0 Å². The molecule has 25 heavy (non-hydrogen) atoms. The number of phenolic OH excluding ortho intramolecular Hbond substituents is 1. The van der Waals surface area contributed by atoms with Crippen LogP contribution in [0, 0.1) is 5.92 Å². The van der Waals surface area contributed by atoms with E-state index in [1.165, 1.54) is 0 Å². The van der Waals surface area contributed by atoms with Gasteiger partial charge in [-0.2, -0.15) is 0 Å². The fraction of sp³-hybridized carbons (Fsp3) is 0.579. The van der Waals surface area contributed by atoms with Crippen molar-refractivity contribution in [1.82, 2.24) is 4.90 Å². The van der Waals surface area contributed by atoms with Gasteiger partial charge in [0.05, 0.1) is 12.5 Å². The maximum Gasteiger partial charge on any atom is 0.410 e. The minimum atomic E-state index is -0.574. The summed E-state index contributed by atoms with van der Waals surface area (Å²) in [5.41, 5.74) is 0.238. The Labute approximate surface area is 148 Å². The SMILES string of the molecule is CCOC(=O)[C@H]1CCN(C(=O)OC(C)(C)C)C[C@H]1c1cccc(O)c1. The first kappa shape index (κ1) is 19.1. The van der Waals surface area contributed by atoms with Crippen LogP contribution in [0.3, 0.4) is 0 Å². The van der Waals surface area contributed by atoms with Gasteiger partial charge in [0.1, 0.15) is 11.4 Å². The molecule has 1 aliphatic rings. The number of hydrogen-bond donors (Lipinski definition) is 1. The second-order valence-electron chi connectivity index (χ2n) is 7.28. The first-order valence-corrected chi connectivity index (χ1v) is 8.64. The molecule has 0 aromatic heterocycles. The zero-order valence-electron chi connectivity index (χ0n) is 15.3. The summed E-state index contributed by atoms with van der Waals surface area (Å²) in [6.07, 6.45) is 0.109. The van der Waals surface area contributed by atoms with Crippen LogP contribution in [0.5, 0.6) is 5.75 Å². The summed E-state index contributed by atoms with van der Waals surface area (Å²) >= 11 is 0. The molecule has 0 saturated carbocycles. The van der Waals surface area contributed by atoms with E-state index < -0.39 is 5.60 Å². The maximum absolute atomic E-state index is 12.4. The van der Waals surface area contributed by atoms with E-state index >= 15 is 0 Å². The summed E-state index contributed by atoms with van der Waals surface area (Å²) in [6, 6.07) is 6.81. The Morgan fingerprint density at radius 2 is 2.04 bits per heavy atom. The van der Waals surface area contributed by atoms with Gasteiger partial charge >= 0.3 is 12.1 Å². The molecule has 1 aliphatic heterocycles. The third-order valence-electron chi connectivity index (χ3n) is 4.15. The van der Waals surface area contributed by atoms with E-state index in [0.717, 1.165) is 5.56 Å². The molecular weight excluding hydrogens is 322 g/mol. The monoisotopic (exact) mass is 349 g/mol. The Hall–Kier alpha value is -2.24. The molecule has 1 saturated heterocycles. The Bertz CT molecular complexity index is 622. The van der Waals surface area contributed by atoms with Crippen molar-refractivity contribution in [1.29, 1.82) is 0 Å². The van der Waals surface area contributed by atoms with Crippen molar-refractivity contribution in [3.63, 3.8) is 0 Å². The summed E-state index contributed by atoms with van der Waals surface area (Å²) in [5, 5.41) is 9.78. The van der Waals surface area contributed by atoms with Crippen LogP contribution in [-0.2, 0) is 14.3 Å². The van der Waals surface area contributed by atoms with Gasteiger partial charge in [0.2, 0.25) is 0 Å². The number of piperidine rings is 1. The van der Waals surface area contributed by atoms with E-state index in [1.807, 2.05) is 26.8 Å². The first-order valence-electron chi connectivity index (χ1n) is 8.64. The van der Waals surface area contributed by atoms with Crippen molar-refractivity contribution in [2.75, 3.05) is 19.7 Å². The average molecular weight is 349 g/mol. The second kappa shape index (κ2) is 7.76. The molecule has 0 aliphatic carbocycles. The van der Waals surface area contributed by atoms with E-state index in [9.17, 15) is 14.7 Å². The summed E-state index contributed by atoms with van der Waals surface area (Å²) in [4.78, 5) is 26.4. The topological polar surface area (TPSA) is 76.1 Å². The Kier molecular flexibility index (Phi) is 5.93. The first-order chi connectivity index (χ1) is 11.7. The maximum atomic E-state index is 12.4. The second-order valence-corrected chi connectivity index (χ2v) is 7.28. The third-order valence-corrected chi connectivity index (χ3v) is 4.15. The molecule has 1 aromatic rings. The highest BCUT2D eigenvalue weighted by atomic mass is 16.6. The Balaban J connectivity index is 2.23. The lowest BCUT2D eigenvalue weighted by molar-refractivity contribution is -0.150. The standard InChI is InChI=1S/C19H27NO5/c1-5-24-17(22)15-9-10-20(18(23)25-19(2,3)4)12-16(15)13-7-6-8-14(21)11-13/h6-8,11,15-16,21H,5,9-10,12H2,1-4H3/t15-,16-/m0/s1. The van der Waals surface area contributed by atoms with Gasteiger partial charge in [0.25, 0.3) is 0 Å². The van der Waals surface area contributed by atoms with E-state index in [-0.39, 0.29) is 29.6 Å². The van der Waals surface area contributed by atoms with Gasteiger partial charge in [-0.25, -0.2) is 4.79 Å². The summed E-state index contributed by atoms with van der Waals surface area (Å²) in [6.45, 7) is 8.35. The zero-order chi connectivity index (χ0) is 18.6. The van der Waals surface area contributed by atoms with Crippen molar-refractivity contribution in [3.05, 3.63) is 29.8 Å². The molecule has 1 fully saturated rings. The molecule has 0 spiro atoms. The number of amides is 1. The molecule has 1 N–H and O–H groups in total. The van der Waals surface area contributed by atoms with Crippen LogP contribution in [0.4, 0.5) is 4.79 Å². The highest BCUT2D eigenvalue weighted by Crippen LogP contribution is 2.35. The fourth-order valence-corrected chi connectivity index (χ4v) is 3.07. The number of esters is 1. The molecule has 2 rings (SSSR count). The number of carbonyl (C=O) groups is 2. The van der Waals surface area contributed by atoms with E-state index in [4.69, 9.17) is 9.47 Å². The van der Waals surface area contributed by atoms with Crippen LogP contribution in [0.15, 0.2) is 24.3 Å². The molecule has 1 heterocycles. The van der Waals surface area contributed by atoms with Gasteiger partial charge in [0.15, 0.2) is 0 Å². The lowest BCUT2D eigenvalue weighted by atomic mass is 9.80. The average Bonchev–Trinajstić information content (AvgIpc) is 2.53. The van der Waals surface area contributed by atoms with Crippen molar-refractivity contribution >= 4 is 12.1 Å². The van der Waals surface area contributed by atoms with Crippen LogP contribution in [0.25, 0.3) is 0 Å². The van der Waals surface area contributed by atoms with Crippen LogP contribution < -0.4 is 0 Å². The number of aromatic hydroxyl groups is 1. The van der Waals surface area contributed by atoms with Crippen LogP contribution in [-0.4, -0.2) is 47.4 Å². The number of ether oxygens (including phenoxy) is 2. The number of rotatable bonds is 3. The smallest absolute Gasteiger partial charge is 0.410 e. The number of likely N-dealkylation sites (tertiary alicyclic amines) is 1. The molecule has 138 valence electrons. The van der Waals surface area contributed by atoms with Gasteiger partial charge in [-0.3, -0.25) is 4.79 Å². The normalized spacial score (nSPS) is 20.9. The lowest BCUT2D eigenvalue weighted by Crippen LogP contribution is -2.47. The van der Waals surface area contributed by atoms with E-state index in [2.05, 4.69) is 0 Å². The largest absolute Gasteiger partial charge is 0.508 e. The number of phenols is 1. The molecule has 0 radical (unpaired) electrons. The zero-order valence-corrected chi connectivity index (χ0v) is 15.3. The van der Waals surface area contributed by atoms with E-state index in [1.54, 1.807) is 30.0 Å². The summed E-state index contributed by atoms with van der Waals surface area (Å²) < 4.78 is 10.7. The van der Waals surface area contributed by atoms with Crippen molar-refractivity contribution < 1.29 is 24.2 Å². The summed E-state index contributed by atoms with van der Waals surface area (Å²) in [7, 11) is 0. The quantitative estimate of drug-likeness (QED) is 0.848. The molecule has 0 bridgehead atoms. The van der Waals surface area contributed by atoms with Crippen molar-refractivity contribution in [3.8, 4) is 5.75 Å². The predicted octanol–water partition coefficient (Wildman–Crippen LogP) is 3.30. The number of hydrogen-bond acceptors (Lipinski definition) is 5. The van der Waals surface area contributed by atoms with Gasteiger partial charge in [-0.05, 0) is 51.8 Å². The van der Waals surface area contributed by atoms with Crippen LogP contribution >= 0.6 is 0 Å². The molecule has 1 aromatic carbocycles. The third kappa shape index (κ3) is 5.11. The molecule has 0 unspecified atom stereocenters. The Morgan fingerprint density at radius 3 is 2.64 bits per heavy atom. The number of benzene rings is 1. The minimum Gasteiger partial charge on any atom is -0.508 e. The number of carbonyl (C=O) groups excluding carboxylic acids is 2. The van der Waals surface area contributed by atoms with Crippen LogP contribution in [0.1, 0.15) is 45.6 Å². The van der Waals surface area contributed by atoms with Crippen molar-refractivity contribution in [2.45, 2.75) is 45.6 Å². The minimum absolute atomic E-state index is 0.134. The molecule has 2 atom stereocenters. The molecule has 6 nitrogen and oxygen atoms in total. The van der Waals surface area contributed by atoms with Gasteiger partial charge in [0, 0.05) is 19.0 Å². The highest BCUT2D eigenvalue weighted by molar-refractivity contribution is 5.75. The molecular formula is C19H27NO5. The van der Waals surface area contributed by atoms with Crippen molar-refractivity contribution in [2.24, 2.45) is 5.92 Å². The van der Waals surface area contributed by atoms with E-state index in [0.29, 0.717) is 26.1 Å². The van der Waals surface area contributed by atoms with Crippen LogP contribution in [0.2, 0.25) is 0 Å². The molecule has 1 amide bonds. The van der Waals surface area contributed by atoms with Gasteiger partial charge < -0.3 is 19.5 Å². The Morgan fingerprint density at radius 1 is 1.32 bits per heavy atom. The summed E-state index contributed by atoms with van der Waals surface area (Å²) in [5.74, 6) is -0.720. The molecule has 6 heteroatoms. The number of nitrogens with zero attached hydrogens (tertiary/aromatic N) is 1. The lowest BCUT2D eigenvalue weighted by Gasteiger charge is -2.38. The van der Waals surface area contributed by atoms with Gasteiger partial charge in [-0.1, -0.05) is 12.1 Å².